The van der Waals surface area contributed by atoms with Gasteiger partial charge >= 0.3 is 0 Å². The molecule has 2 saturated heterocycles. The molecule has 2 rings (SSSR count). The minimum absolute atomic E-state index is 0.0642. The zero-order valence-corrected chi connectivity index (χ0v) is 8.04. The molecule has 2 atom stereocenters. The minimum Gasteiger partial charge on any atom is -0.381 e. The third kappa shape index (κ3) is 2.93. The summed E-state index contributed by atoms with van der Waals surface area (Å²) in [7, 11) is 0. The van der Waals surface area contributed by atoms with E-state index in [4.69, 9.17) is 14.2 Å². The van der Waals surface area contributed by atoms with Gasteiger partial charge in [0, 0.05) is 19.1 Å². The Morgan fingerprint density at radius 2 is 2.15 bits per heavy atom. The lowest BCUT2D eigenvalue weighted by atomic mass is 10.1. The van der Waals surface area contributed by atoms with Crippen LogP contribution in [0.1, 0.15) is 25.7 Å². The molecule has 2 heterocycles. The Morgan fingerprint density at radius 1 is 1.15 bits per heavy atom. The molecule has 13 heavy (non-hydrogen) atoms. The van der Waals surface area contributed by atoms with Crippen LogP contribution in [0.5, 0.6) is 0 Å². The lowest BCUT2D eigenvalue weighted by Crippen LogP contribution is -2.25. The second-order valence-corrected chi connectivity index (χ2v) is 3.86. The number of ether oxygens (including phenoxy) is 3. The lowest BCUT2D eigenvalue weighted by molar-refractivity contribution is -0.168. The topological polar surface area (TPSA) is 27.7 Å². The van der Waals surface area contributed by atoms with E-state index in [1.165, 1.54) is 12.8 Å². The molecule has 0 bridgehead atoms. The highest BCUT2D eigenvalue weighted by atomic mass is 16.7. The third-order valence-electron chi connectivity index (χ3n) is 2.68. The van der Waals surface area contributed by atoms with Gasteiger partial charge in [0.25, 0.3) is 0 Å². The Morgan fingerprint density at radius 3 is 2.85 bits per heavy atom. The van der Waals surface area contributed by atoms with Crippen LogP contribution in [0.15, 0.2) is 0 Å². The molecule has 3 nitrogen and oxygen atoms in total. The van der Waals surface area contributed by atoms with Gasteiger partial charge in [-0.25, -0.2) is 0 Å². The van der Waals surface area contributed by atoms with Crippen molar-refractivity contribution in [2.24, 2.45) is 5.92 Å². The van der Waals surface area contributed by atoms with E-state index in [9.17, 15) is 0 Å². The largest absolute Gasteiger partial charge is 0.381 e. The number of hydrogen-bond acceptors (Lipinski definition) is 3. The first-order valence-corrected chi connectivity index (χ1v) is 5.26. The molecule has 0 spiro atoms. The average Bonchev–Trinajstić information content (AvgIpc) is 2.69. The van der Waals surface area contributed by atoms with Gasteiger partial charge in [0.05, 0.1) is 13.2 Å². The lowest BCUT2D eigenvalue weighted by Gasteiger charge is -2.23. The molecule has 2 aliphatic rings. The molecule has 0 N–H and O–H groups in total. The monoisotopic (exact) mass is 186 g/mol. The van der Waals surface area contributed by atoms with Crippen LogP contribution in [0.3, 0.4) is 0 Å². The van der Waals surface area contributed by atoms with Gasteiger partial charge in [0.15, 0.2) is 6.29 Å². The highest BCUT2D eigenvalue weighted by Gasteiger charge is 2.19. The van der Waals surface area contributed by atoms with Gasteiger partial charge in [-0.2, -0.15) is 0 Å². The van der Waals surface area contributed by atoms with E-state index >= 15 is 0 Å². The minimum atomic E-state index is 0.0642. The van der Waals surface area contributed by atoms with Crippen LogP contribution in [0.4, 0.5) is 0 Å². The first-order valence-electron chi connectivity index (χ1n) is 5.26. The zero-order chi connectivity index (χ0) is 8.93. The van der Waals surface area contributed by atoms with Crippen molar-refractivity contribution in [2.45, 2.75) is 32.0 Å². The fraction of sp³-hybridized carbons (Fsp3) is 1.00. The maximum absolute atomic E-state index is 5.66. The first kappa shape index (κ1) is 9.44. The number of hydrogen-bond donors (Lipinski definition) is 0. The molecule has 3 heteroatoms. The molecule has 2 fully saturated rings. The zero-order valence-electron chi connectivity index (χ0n) is 8.04. The molecule has 0 unspecified atom stereocenters. The Hall–Kier alpha value is -0.120. The van der Waals surface area contributed by atoms with Crippen LogP contribution in [0, 0.1) is 5.92 Å². The summed E-state index contributed by atoms with van der Waals surface area (Å²) in [4.78, 5) is 0. The third-order valence-corrected chi connectivity index (χ3v) is 2.68. The van der Waals surface area contributed by atoms with Gasteiger partial charge in [-0.15, -0.1) is 0 Å². The van der Waals surface area contributed by atoms with Gasteiger partial charge in [-0.3, -0.25) is 0 Å². The summed E-state index contributed by atoms with van der Waals surface area (Å²) >= 11 is 0. The SMILES string of the molecule is C1CC[C@H](OC[C@H]2CCOC2)OC1. The molecule has 0 aromatic heterocycles. The van der Waals surface area contributed by atoms with Crippen molar-refractivity contribution < 1.29 is 14.2 Å². The van der Waals surface area contributed by atoms with E-state index in [-0.39, 0.29) is 6.29 Å². The van der Waals surface area contributed by atoms with E-state index in [0.29, 0.717) is 5.92 Å². The highest BCUT2D eigenvalue weighted by Crippen LogP contribution is 2.17. The highest BCUT2D eigenvalue weighted by molar-refractivity contribution is 4.64. The molecule has 2 aliphatic heterocycles. The van der Waals surface area contributed by atoms with Crippen molar-refractivity contribution >= 4 is 0 Å². The summed E-state index contributed by atoms with van der Waals surface area (Å²) in [6.07, 6.45) is 4.70. The molecule has 0 aromatic rings. The van der Waals surface area contributed by atoms with Crippen molar-refractivity contribution in [2.75, 3.05) is 26.4 Å². The fourth-order valence-corrected chi connectivity index (χ4v) is 1.80. The summed E-state index contributed by atoms with van der Waals surface area (Å²) in [5, 5.41) is 0. The molecule has 0 amide bonds. The predicted molar refractivity (Wildman–Crippen MR) is 48.5 cm³/mol. The van der Waals surface area contributed by atoms with Crippen LogP contribution >= 0.6 is 0 Å². The normalized spacial score (nSPS) is 35.1. The van der Waals surface area contributed by atoms with Crippen molar-refractivity contribution in [3.05, 3.63) is 0 Å². The predicted octanol–water partition coefficient (Wildman–Crippen LogP) is 1.57. The van der Waals surface area contributed by atoms with E-state index in [1.54, 1.807) is 0 Å². The Bertz CT molecular complexity index is 137. The van der Waals surface area contributed by atoms with E-state index in [0.717, 1.165) is 39.3 Å². The van der Waals surface area contributed by atoms with Crippen LogP contribution in [-0.2, 0) is 14.2 Å². The van der Waals surface area contributed by atoms with Crippen molar-refractivity contribution in [1.82, 2.24) is 0 Å². The Labute approximate surface area is 79.4 Å². The fourth-order valence-electron chi connectivity index (χ4n) is 1.80. The van der Waals surface area contributed by atoms with E-state index in [2.05, 4.69) is 0 Å². The molecule has 76 valence electrons. The standard InChI is InChI=1S/C10H18O3/c1-2-5-12-10(3-1)13-8-9-4-6-11-7-9/h9-10H,1-8H2/t9-,10-/m0/s1. The van der Waals surface area contributed by atoms with E-state index < -0.39 is 0 Å². The van der Waals surface area contributed by atoms with Crippen LogP contribution in [0.2, 0.25) is 0 Å². The summed E-state index contributed by atoms with van der Waals surface area (Å²) in [5.74, 6) is 0.602. The maximum atomic E-state index is 5.66. The second-order valence-electron chi connectivity index (χ2n) is 3.86. The quantitative estimate of drug-likeness (QED) is 0.669. The van der Waals surface area contributed by atoms with Gasteiger partial charge in [-0.1, -0.05) is 0 Å². The van der Waals surface area contributed by atoms with Crippen molar-refractivity contribution in [3.8, 4) is 0 Å². The summed E-state index contributed by atoms with van der Waals surface area (Å²) in [6, 6.07) is 0. The van der Waals surface area contributed by atoms with Gasteiger partial charge in [0.1, 0.15) is 0 Å². The van der Waals surface area contributed by atoms with Crippen LogP contribution in [-0.4, -0.2) is 32.7 Å². The van der Waals surface area contributed by atoms with Gasteiger partial charge in [0.2, 0.25) is 0 Å². The molecule has 0 radical (unpaired) electrons. The molecular weight excluding hydrogens is 168 g/mol. The molecule has 0 aliphatic carbocycles. The average molecular weight is 186 g/mol. The molecule has 0 aromatic carbocycles. The summed E-state index contributed by atoms with van der Waals surface area (Å²) in [5.41, 5.74) is 0. The van der Waals surface area contributed by atoms with E-state index in [1.807, 2.05) is 0 Å². The van der Waals surface area contributed by atoms with Gasteiger partial charge in [-0.05, 0) is 25.7 Å². The number of rotatable bonds is 3. The Kier molecular flexibility index (Phi) is 3.58. The summed E-state index contributed by atoms with van der Waals surface area (Å²) in [6.45, 7) is 3.45. The molecular formula is C10H18O3. The smallest absolute Gasteiger partial charge is 0.157 e. The first-order chi connectivity index (χ1) is 6.45. The van der Waals surface area contributed by atoms with Crippen molar-refractivity contribution in [1.29, 1.82) is 0 Å². The van der Waals surface area contributed by atoms with Crippen molar-refractivity contribution in [3.63, 3.8) is 0 Å². The summed E-state index contributed by atoms with van der Waals surface area (Å²) < 4.78 is 16.4. The maximum Gasteiger partial charge on any atom is 0.157 e. The molecule has 0 saturated carbocycles. The van der Waals surface area contributed by atoms with Gasteiger partial charge < -0.3 is 14.2 Å². The second kappa shape index (κ2) is 4.94. The van der Waals surface area contributed by atoms with Crippen LogP contribution in [0.25, 0.3) is 0 Å². The van der Waals surface area contributed by atoms with Crippen LogP contribution < -0.4 is 0 Å². The Balaban J connectivity index is 1.60.